The predicted molar refractivity (Wildman–Crippen MR) is 93.2 cm³/mol. The fourth-order valence-corrected chi connectivity index (χ4v) is 3.14. The number of para-hydroxylation sites is 2. The molecule has 23 heavy (non-hydrogen) atoms. The van der Waals surface area contributed by atoms with Crippen LogP contribution in [0.25, 0.3) is 11.3 Å². The van der Waals surface area contributed by atoms with E-state index in [1.807, 2.05) is 61.5 Å². The third-order valence-corrected chi connectivity index (χ3v) is 4.31. The SMILES string of the molecule is COc1ccccc1NC(=O)c1sc(C)nc1-c1ccccc1. The van der Waals surface area contributed by atoms with Crippen molar-refractivity contribution in [2.75, 3.05) is 12.4 Å². The minimum absolute atomic E-state index is 0.182. The summed E-state index contributed by atoms with van der Waals surface area (Å²) in [5.74, 6) is 0.447. The molecule has 0 atom stereocenters. The maximum absolute atomic E-state index is 12.7. The molecule has 0 fully saturated rings. The molecule has 0 radical (unpaired) electrons. The number of methoxy groups -OCH3 is 1. The molecule has 0 saturated heterocycles. The standard InChI is InChI=1S/C18H16N2O2S/c1-12-19-16(13-8-4-3-5-9-13)17(23-12)18(21)20-14-10-6-7-11-15(14)22-2/h3-11H,1-2H3,(H,20,21). The molecule has 0 spiro atoms. The Morgan fingerprint density at radius 1 is 1.09 bits per heavy atom. The molecular weight excluding hydrogens is 308 g/mol. The van der Waals surface area contributed by atoms with Crippen LogP contribution in [0, 0.1) is 6.92 Å². The van der Waals surface area contributed by atoms with Crippen molar-refractivity contribution in [1.82, 2.24) is 4.98 Å². The highest BCUT2D eigenvalue weighted by Crippen LogP contribution is 2.30. The summed E-state index contributed by atoms with van der Waals surface area (Å²) in [6.07, 6.45) is 0. The largest absolute Gasteiger partial charge is 0.495 e. The number of amides is 1. The van der Waals surface area contributed by atoms with Gasteiger partial charge in [0.1, 0.15) is 10.6 Å². The lowest BCUT2D eigenvalue weighted by molar-refractivity contribution is 0.103. The van der Waals surface area contributed by atoms with E-state index < -0.39 is 0 Å². The second-order valence-corrected chi connectivity index (χ2v) is 6.13. The van der Waals surface area contributed by atoms with Gasteiger partial charge in [0.15, 0.2) is 0 Å². The molecule has 0 aliphatic heterocycles. The number of anilines is 1. The molecule has 1 heterocycles. The van der Waals surface area contributed by atoms with Gasteiger partial charge in [0.25, 0.3) is 5.91 Å². The van der Waals surface area contributed by atoms with E-state index in [0.29, 0.717) is 22.0 Å². The molecule has 3 rings (SSSR count). The minimum atomic E-state index is -0.182. The van der Waals surface area contributed by atoms with Gasteiger partial charge in [0.05, 0.1) is 23.5 Å². The van der Waals surface area contributed by atoms with E-state index in [-0.39, 0.29) is 5.91 Å². The van der Waals surface area contributed by atoms with Crippen molar-refractivity contribution in [2.45, 2.75) is 6.92 Å². The third kappa shape index (κ3) is 3.24. The average molecular weight is 324 g/mol. The number of thiazole rings is 1. The molecule has 0 aliphatic carbocycles. The molecule has 3 aromatic rings. The fraction of sp³-hybridized carbons (Fsp3) is 0.111. The molecule has 116 valence electrons. The highest BCUT2D eigenvalue weighted by atomic mass is 32.1. The summed E-state index contributed by atoms with van der Waals surface area (Å²) in [5.41, 5.74) is 2.28. The third-order valence-electron chi connectivity index (χ3n) is 3.34. The zero-order chi connectivity index (χ0) is 16.2. The van der Waals surface area contributed by atoms with E-state index in [2.05, 4.69) is 10.3 Å². The van der Waals surface area contributed by atoms with Crippen LogP contribution in [0.2, 0.25) is 0 Å². The first kappa shape index (κ1) is 15.2. The van der Waals surface area contributed by atoms with Gasteiger partial charge in [-0.2, -0.15) is 0 Å². The first-order chi connectivity index (χ1) is 11.2. The number of ether oxygens (including phenoxy) is 1. The van der Waals surface area contributed by atoms with E-state index in [4.69, 9.17) is 4.74 Å². The molecule has 2 aromatic carbocycles. The van der Waals surface area contributed by atoms with Gasteiger partial charge in [-0.05, 0) is 19.1 Å². The van der Waals surface area contributed by atoms with Crippen LogP contribution in [-0.4, -0.2) is 18.0 Å². The van der Waals surface area contributed by atoms with Gasteiger partial charge in [-0.3, -0.25) is 4.79 Å². The Kier molecular flexibility index (Phi) is 4.39. The number of carbonyl (C=O) groups is 1. The maximum atomic E-state index is 12.7. The van der Waals surface area contributed by atoms with Crippen LogP contribution < -0.4 is 10.1 Å². The highest BCUT2D eigenvalue weighted by molar-refractivity contribution is 7.14. The second kappa shape index (κ2) is 6.62. The van der Waals surface area contributed by atoms with E-state index >= 15 is 0 Å². The van der Waals surface area contributed by atoms with Crippen LogP contribution in [-0.2, 0) is 0 Å². The zero-order valence-electron chi connectivity index (χ0n) is 12.9. The van der Waals surface area contributed by atoms with Crippen LogP contribution in [0.3, 0.4) is 0 Å². The summed E-state index contributed by atoms with van der Waals surface area (Å²) in [6, 6.07) is 17.1. The molecule has 0 aliphatic rings. The molecule has 1 amide bonds. The van der Waals surface area contributed by atoms with Crippen LogP contribution in [0.5, 0.6) is 5.75 Å². The topological polar surface area (TPSA) is 51.2 Å². The number of rotatable bonds is 4. The number of nitrogens with one attached hydrogen (secondary N) is 1. The number of aryl methyl sites for hydroxylation is 1. The van der Waals surface area contributed by atoms with Crippen molar-refractivity contribution in [3.8, 4) is 17.0 Å². The number of hydrogen-bond acceptors (Lipinski definition) is 4. The number of benzene rings is 2. The first-order valence-electron chi connectivity index (χ1n) is 7.16. The Morgan fingerprint density at radius 3 is 2.52 bits per heavy atom. The van der Waals surface area contributed by atoms with Crippen molar-refractivity contribution >= 4 is 22.9 Å². The van der Waals surface area contributed by atoms with Gasteiger partial charge in [0, 0.05) is 5.56 Å². The predicted octanol–water partition coefficient (Wildman–Crippen LogP) is 4.38. The van der Waals surface area contributed by atoms with E-state index in [1.165, 1.54) is 11.3 Å². The van der Waals surface area contributed by atoms with Crippen LogP contribution in [0.1, 0.15) is 14.7 Å². The average Bonchev–Trinajstić information content (AvgIpc) is 2.98. The molecule has 4 nitrogen and oxygen atoms in total. The summed E-state index contributed by atoms with van der Waals surface area (Å²) in [6.45, 7) is 1.90. The minimum Gasteiger partial charge on any atom is -0.495 e. The normalized spacial score (nSPS) is 10.3. The lowest BCUT2D eigenvalue weighted by atomic mass is 10.1. The molecule has 0 saturated carbocycles. The van der Waals surface area contributed by atoms with Crippen molar-refractivity contribution in [2.24, 2.45) is 0 Å². The van der Waals surface area contributed by atoms with Crippen LogP contribution >= 0.6 is 11.3 Å². The second-order valence-electron chi connectivity index (χ2n) is 4.93. The summed E-state index contributed by atoms with van der Waals surface area (Å²) in [4.78, 5) is 17.8. The number of carbonyl (C=O) groups excluding carboxylic acids is 1. The zero-order valence-corrected chi connectivity index (χ0v) is 13.7. The van der Waals surface area contributed by atoms with Crippen molar-refractivity contribution < 1.29 is 9.53 Å². The van der Waals surface area contributed by atoms with Gasteiger partial charge >= 0.3 is 0 Å². The van der Waals surface area contributed by atoms with E-state index in [9.17, 15) is 4.79 Å². The lowest BCUT2D eigenvalue weighted by Crippen LogP contribution is -2.12. The van der Waals surface area contributed by atoms with Gasteiger partial charge < -0.3 is 10.1 Å². The quantitative estimate of drug-likeness (QED) is 0.775. The molecule has 5 heteroatoms. The Morgan fingerprint density at radius 2 is 1.78 bits per heavy atom. The Balaban J connectivity index is 1.94. The van der Waals surface area contributed by atoms with Crippen molar-refractivity contribution in [1.29, 1.82) is 0 Å². The summed E-state index contributed by atoms with van der Waals surface area (Å²) in [5, 5.41) is 3.76. The van der Waals surface area contributed by atoms with Gasteiger partial charge in [-0.15, -0.1) is 11.3 Å². The van der Waals surface area contributed by atoms with E-state index in [0.717, 1.165) is 10.6 Å². The molecule has 0 bridgehead atoms. The molecule has 1 N–H and O–H groups in total. The summed E-state index contributed by atoms with van der Waals surface area (Å²) >= 11 is 1.39. The van der Waals surface area contributed by atoms with Gasteiger partial charge in [-0.25, -0.2) is 4.98 Å². The highest BCUT2D eigenvalue weighted by Gasteiger charge is 2.19. The maximum Gasteiger partial charge on any atom is 0.268 e. The first-order valence-corrected chi connectivity index (χ1v) is 7.98. The lowest BCUT2D eigenvalue weighted by Gasteiger charge is -2.09. The Hall–Kier alpha value is -2.66. The molecular formula is C18H16N2O2S. The molecule has 1 aromatic heterocycles. The number of nitrogens with zero attached hydrogens (tertiary/aromatic N) is 1. The van der Waals surface area contributed by atoms with Crippen molar-refractivity contribution in [3.63, 3.8) is 0 Å². The van der Waals surface area contributed by atoms with Crippen LogP contribution in [0.15, 0.2) is 54.6 Å². The van der Waals surface area contributed by atoms with Crippen LogP contribution in [0.4, 0.5) is 5.69 Å². The molecule has 0 unspecified atom stereocenters. The monoisotopic (exact) mass is 324 g/mol. The fourth-order valence-electron chi connectivity index (χ4n) is 2.30. The van der Waals surface area contributed by atoms with Gasteiger partial charge in [-0.1, -0.05) is 42.5 Å². The smallest absolute Gasteiger partial charge is 0.268 e. The van der Waals surface area contributed by atoms with E-state index in [1.54, 1.807) is 7.11 Å². The number of hydrogen-bond donors (Lipinski definition) is 1. The van der Waals surface area contributed by atoms with Crippen molar-refractivity contribution in [3.05, 3.63) is 64.5 Å². The number of aromatic nitrogens is 1. The Labute approximate surface area is 138 Å². The summed E-state index contributed by atoms with van der Waals surface area (Å²) < 4.78 is 5.28. The summed E-state index contributed by atoms with van der Waals surface area (Å²) in [7, 11) is 1.58. The Bertz CT molecular complexity index is 828. The van der Waals surface area contributed by atoms with Gasteiger partial charge in [0.2, 0.25) is 0 Å².